The topological polar surface area (TPSA) is 35.5 Å². The first-order valence-corrected chi connectivity index (χ1v) is 8.70. The molecule has 0 aliphatic heterocycles. The lowest BCUT2D eigenvalue weighted by Gasteiger charge is -2.28. The van der Waals surface area contributed by atoms with Crippen LogP contribution in [-0.2, 0) is 13.6 Å². The van der Waals surface area contributed by atoms with Crippen LogP contribution in [0.3, 0.4) is 0 Å². The van der Waals surface area contributed by atoms with Gasteiger partial charge >= 0.3 is 7.60 Å². The first kappa shape index (κ1) is 14.0. The molecule has 0 saturated heterocycles. The van der Waals surface area contributed by atoms with Gasteiger partial charge in [0.2, 0.25) is 0 Å². The summed E-state index contributed by atoms with van der Waals surface area (Å²) in [6, 6.07) is 0. The number of hydrogen-bond donors (Lipinski definition) is 0. The average Bonchev–Trinajstić information content (AvgIpc) is 2.41. The molecule has 2 rings (SSSR count). The zero-order chi connectivity index (χ0) is 12.8. The standard InChI is InChI=1S/C14H23O3P/c1-2-18(15,16-13-9-5-3-6-10-13)17-14-11-7-4-8-12-14/h3-5,7,13-14H,2,6,8-12H2,1H3. The van der Waals surface area contributed by atoms with Gasteiger partial charge < -0.3 is 9.05 Å². The van der Waals surface area contributed by atoms with Gasteiger partial charge in [-0.05, 0) is 38.5 Å². The van der Waals surface area contributed by atoms with Gasteiger partial charge in [0.1, 0.15) is 0 Å². The molecule has 4 heteroatoms. The number of allylic oxidation sites excluding steroid dienone is 2. The second-order valence-electron chi connectivity index (χ2n) is 4.95. The quantitative estimate of drug-likeness (QED) is 0.547. The normalized spacial score (nSPS) is 31.2. The van der Waals surface area contributed by atoms with Gasteiger partial charge in [0.15, 0.2) is 0 Å². The molecule has 0 bridgehead atoms. The van der Waals surface area contributed by atoms with E-state index in [-0.39, 0.29) is 12.2 Å². The zero-order valence-corrected chi connectivity index (χ0v) is 12.0. The third-order valence-corrected chi connectivity index (χ3v) is 5.46. The Morgan fingerprint density at radius 3 is 1.83 bits per heavy atom. The first-order chi connectivity index (χ1) is 8.72. The lowest BCUT2D eigenvalue weighted by atomic mass is 10.1. The molecule has 2 atom stereocenters. The van der Waals surface area contributed by atoms with Gasteiger partial charge in [-0.2, -0.15) is 0 Å². The monoisotopic (exact) mass is 270 g/mol. The Bertz CT molecular complexity index is 332. The van der Waals surface area contributed by atoms with E-state index in [1.54, 1.807) is 0 Å². The van der Waals surface area contributed by atoms with E-state index in [0.29, 0.717) is 6.16 Å². The van der Waals surface area contributed by atoms with Gasteiger partial charge in [0, 0.05) is 6.16 Å². The summed E-state index contributed by atoms with van der Waals surface area (Å²) in [7, 11) is -2.90. The maximum Gasteiger partial charge on any atom is 0.330 e. The summed E-state index contributed by atoms with van der Waals surface area (Å²) in [6.45, 7) is 1.89. The Kier molecular flexibility index (Phi) is 5.23. The van der Waals surface area contributed by atoms with Crippen LogP contribution in [0.2, 0.25) is 0 Å². The highest BCUT2D eigenvalue weighted by Gasteiger charge is 2.30. The average molecular weight is 270 g/mol. The van der Waals surface area contributed by atoms with Gasteiger partial charge in [-0.15, -0.1) is 0 Å². The molecule has 3 nitrogen and oxygen atoms in total. The van der Waals surface area contributed by atoms with E-state index in [1.807, 2.05) is 6.92 Å². The molecule has 102 valence electrons. The maximum absolute atomic E-state index is 12.6. The number of rotatable bonds is 5. The molecule has 0 amide bonds. The fraction of sp³-hybridized carbons (Fsp3) is 0.714. The third kappa shape index (κ3) is 4.08. The Balaban J connectivity index is 1.89. The van der Waals surface area contributed by atoms with Gasteiger partial charge in [0.05, 0.1) is 12.2 Å². The van der Waals surface area contributed by atoms with Crippen LogP contribution in [0.25, 0.3) is 0 Å². The Hall–Kier alpha value is -0.370. The third-order valence-electron chi connectivity index (χ3n) is 3.45. The summed E-state index contributed by atoms with van der Waals surface area (Å²) in [4.78, 5) is 0. The Morgan fingerprint density at radius 2 is 1.50 bits per heavy atom. The smallest absolute Gasteiger partial charge is 0.305 e. The molecule has 2 aliphatic rings. The van der Waals surface area contributed by atoms with Crippen molar-refractivity contribution in [2.45, 2.75) is 57.7 Å². The number of hydrogen-bond acceptors (Lipinski definition) is 3. The molecule has 0 radical (unpaired) electrons. The molecule has 0 heterocycles. The molecule has 0 fully saturated rings. The van der Waals surface area contributed by atoms with Crippen molar-refractivity contribution >= 4 is 7.60 Å². The van der Waals surface area contributed by atoms with Crippen molar-refractivity contribution in [3.63, 3.8) is 0 Å². The van der Waals surface area contributed by atoms with Crippen LogP contribution in [0.5, 0.6) is 0 Å². The molecule has 0 aromatic heterocycles. The highest BCUT2D eigenvalue weighted by molar-refractivity contribution is 7.53. The molecule has 0 aromatic carbocycles. The van der Waals surface area contributed by atoms with Crippen molar-refractivity contribution in [3.8, 4) is 0 Å². The van der Waals surface area contributed by atoms with E-state index < -0.39 is 7.60 Å². The van der Waals surface area contributed by atoms with Crippen LogP contribution >= 0.6 is 7.60 Å². The molecule has 2 unspecified atom stereocenters. The molecular weight excluding hydrogens is 247 g/mol. The van der Waals surface area contributed by atoms with E-state index in [2.05, 4.69) is 24.3 Å². The minimum Gasteiger partial charge on any atom is -0.305 e. The highest BCUT2D eigenvalue weighted by Crippen LogP contribution is 2.52. The van der Waals surface area contributed by atoms with E-state index in [1.165, 1.54) is 0 Å². The minimum atomic E-state index is -2.90. The predicted octanol–water partition coefficient (Wildman–Crippen LogP) is 4.45. The van der Waals surface area contributed by atoms with Crippen LogP contribution < -0.4 is 0 Å². The molecule has 0 spiro atoms. The fourth-order valence-electron chi connectivity index (χ4n) is 2.35. The lowest BCUT2D eigenvalue weighted by molar-refractivity contribution is 0.105. The van der Waals surface area contributed by atoms with Crippen molar-refractivity contribution < 1.29 is 13.6 Å². The second kappa shape index (κ2) is 6.70. The molecule has 0 aromatic rings. The summed E-state index contributed by atoms with van der Waals surface area (Å²) in [5.41, 5.74) is 0. The highest BCUT2D eigenvalue weighted by atomic mass is 31.2. The van der Waals surface area contributed by atoms with Crippen molar-refractivity contribution in [1.29, 1.82) is 0 Å². The second-order valence-corrected chi connectivity index (χ2v) is 7.23. The largest absolute Gasteiger partial charge is 0.330 e. The molecule has 0 N–H and O–H groups in total. The van der Waals surface area contributed by atoms with Gasteiger partial charge in [0.25, 0.3) is 0 Å². The van der Waals surface area contributed by atoms with E-state index in [4.69, 9.17) is 9.05 Å². The van der Waals surface area contributed by atoms with Crippen LogP contribution in [0, 0.1) is 0 Å². The van der Waals surface area contributed by atoms with Gasteiger partial charge in [-0.3, -0.25) is 4.57 Å². The van der Waals surface area contributed by atoms with E-state index >= 15 is 0 Å². The Morgan fingerprint density at radius 1 is 1.00 bits per heavy atom. The van der Waals surface area contributed by atoms with Crippen molar-refractivity contribution in [2.75, 3.05) is 6.16 Å². The summed E-state index contributed by atoms with van der Waals surface area (Å²) in [5.74, 6) is 0. The maximum atomic E-state index is 12.6. The van der Waals surface area contributed by atoms with E-state index in [0.717, 1.165) is 38.5 Å². The SMILES string of the molecule is CCP(=O)(OC1CC=CCC1)OC1CC=CCC1. The molecule has 2 aliphatic carbocycles. The van der Waals surface area contributed by atoms with E-state index in [9.17, 15) is 4.57 Å². The predicted molar refractivity (Wildman–Crippen MR) is 73.9 cm³/mol. The summed E-state index contributed by atoms with van der Waals surface area (Å²) >= 11 is 0. The minimum absolute atomic E-state index is 0.0694. The summed E-state index contributed by atoms with van der Waals surface area (Å²) in [6.07, 6.45) is 14.8. The van der Waals surface area contributed by atoms with Crippen molar-refractivity contribution in [2.24, 2.45) is 0 Å². The van der Waals surface area contributed by atoms with Gasteiger partial charge in [-0.1, -0.05) is 31.2 Å². The van der Waals surface area contributed by atoms with Crippen LogP contribution in [0.1, 0.15) is 45.4 Å². The zero-order valence-electron chi connectivity index (χ0n) is 11.1. The van der Waals surface area contributed by atoms with Crippen molar-refractivity contribution in [1.82, 2.24) is 0 Å². The summed E-state index contributed by atoms with van der Waals surface area (Å²) < 4.78 is 24.2. The first-order valence-electron chi connectivity index (χ1n) is 6.98. The van der Waals surface area contributed by atoms with Crippen LogP contribution in [-0.4, -0.2) is 18.4 Å². The molecule has 0 saturated carbocycles. The molecular formula is C14H23O3P. The lowest BCUT2D eigenvalue weighted by Crippen LogP contribution is -2.19. The van der Waals surface area contributed by atoms with Crippen LogP contribution in [0.4, 0.5) is 0 Å². The van der Waals surface area contributed by atoms with Gasteiger partial charge in [-0.25, -0.2) is 0 Å². The summed E-state index contributed by atoms with van der Waals surface area (Å²) in [5, 5.41) is 0. The molecule has 18 heavy (non-hydrogen) atoms. The Labute approximate surface area is 110 Å². The van der Waals surface area contributed by atoms with Crippen LogP contribution in [0.15, 0.2) is 24.3 Å². The fourth-order valence-corrected chi connectivity index (χ4v) is 3.99. The van der Waals surface area contributed by atoms with Crippen molar-refractivity contribution in [3.05, 3.63) is 24.3 Å².